The highest BCUT2D eigenvalue weighted by atomic mass is 32.1. The molecule has 0 atom stereocenters. The minimum Gasteiger partial charge on any atom is -0.477 e. The first kappa shape index (κ1) is 17.4. The Hall–Kier alpha value is -1.95. The lowest BCUT2D eigenvalue weighted by atomic mass is 10.2. The molecule has 1 amide bonds. The molecule has 0 fully saturated rings. The van der Waals surface area contributed by atoms with Crippen molar-refractivity contribution in [3.63, 3.8) is 0 Å². The summed E-state index contributed by atoms with van der Waals surface area (Å²) >= 11 is 1.70. The molecule has 2 rings (SSSR count). The second kappa shape index (κ2) is 8.06. The Bertz CT molecular complexity index is 682. The number of carbonyl (C=O) groups excluding carboxylic acids is 1. The van der Waals surface area contributed by atoms with Crippen molar-refractivity contribution in [2.24, 2.45) is 0 Å². The van der Waals surface area contributed by atoms with E-state index < -0.39 is 0 Å². The predicted molar refractivity (Wildman–Crippen MR) is 92.4 cm³/mol. The summed E-state index contributed by atoms with van der Waals surface area (Å²) in [6.07, 6.45) is 1.68. The Morgan fingerprint density at radius 3 is 2.70 bits per heavy atom. The SMILES string of the molecule is CCOc1nc(C)ccc1C(=O)NCCc1nc(CC)c(C)s1. The number of aromatic nitrogens is 2. The second-order valence-corrected chi connectivity index (χ2v) is 6.50. The van der Waals surface area contributed by atoms with Crippen LogP contribution in [0.3, 0.4) is 0 Å². The Kier molecular flexibility index (Phi) is 6.10. The first-order valence-corrected chi connectivity index (χ1v) is 8.70. The monoisotopic (exact) mass is 333 g/mol. The average molecular weight is 333 g/mol. The fraction of sp³-hybridized carbons (Fsp3) is 0.471. The molecule has 0 saturated carbocycles. The van der Waals surface area contributed by atoms with Crippen molar-refractivity contribution >= 4 is 17.2 Å². The smallest absolute Gasteiger partial charge is 0.256 e. The van der Waals surface area contributed by atoms with Crippen LogP contribution in [-0.4, -0.2) is 29.0 Å². The molecule has 1 N–H and O–H groups in total. The van der Waals surface area contributed by atoms with E-state index in [-0.39, 0.29) is 5.91 Å². The standard InChI is InChI=1S/C17H23N3O2S/c1-5-14-12(4)23-15(20-14)9-10-18-16(21)13-8-7-11(3)19-17(13)22-6-2/h7-8H,5-6,9-10H2,1-4H3,(H,18,21). The first-order chi connectivity index (χ1) is 11.0. The summed E-state index contributed by atoms with van der Waals surface area (Å²) in [5.74, 6) is 0.230. The Labute approximate surface area is 141 Å². The molecule has 0 aliphatic heterocycles. The van der Waals surface area contributed by atoms with Crippen molar-refractivity contribution in [2.75, 3.05) is 13.2 Å². The Morgan fingerprint density at radius 1 is 1.26 bits per heavy atom. The van der Waals surface area contributed by atoms with Gasteiger partial charge < -0.3 is 10.1 Å². The molecular formula is C17H23N3O2S. The number of rotatable bonds is 7. The van der Waals surface area contributed by atoms with Gasteiger partial charge in [0, 0.05) is 23.5 Å². The van der Waals surface area contributed by atoms with E-state index >= 15 is 0 Å². The van der Waals surface area contributed by atoms with Gasteiger partial charge in [0.2, 0.25) is 5.88 Å². The van der Waals surface area contributed by atoms with Gasteiger partial charge in [-0.2, -0.15) is 0 Å². The van der Waals surface area contributed by atoms with Gasteiger partial charge >= 0.3 is 0 Å². The van der Waals surface area contributed by atoms with Crippen LogP contribution in [0.15, 0.2) is 12.1 Å². The van der Waals surface area contributed by atoms with E-state index in [9.17, 15) is 4.79 Å². The number of ether oxygens (including phenoxy) is 1. The van der Waals surface area contributed by atoms with Crippen molar-refractivity contribution in [3.8, 4) is 5.88 Å². The molecule has 0 spiro atoms. The molecule has 124 valence electrons. The van der Waals surface area contributed by atoms with Crippen molar-refractivity contribution in [1.82, 2.24) is 15.3 Å². The molecule has 2 aromatic heterocycles. The number of hydrogen-bond donors (Lipinski definition) is 1. The minimum atomic E-state index is -0.162. The minimum absolute atomic E-state index is 0.162. The van der Waals surface area contributed by atoms with Crippen LogP contribution in [0.25, 0.3) is 0 Å². The molecule has 0 radical (unpaired) electrons. The topological polar surface area (TPSA) is 64.1 Å². The number of amides is 1. The molecule has 0 aliphatic carbocycles. The molecular weight excluding hydrogens is 310 g/mol. The van der Waals surface area contributed by atoms with Crippen molar-refractivity contribution in [3.05, 3.63) is 39.0 Å². The van der Waals surface area contributed by atoms with Crippen LogP contribution in [0.4, 0.5) is 0 Å². The average Bonchev–Trinajstić information content (AvgIpc) is 2.87. The summed E-state index contributed by atoms with van der Waals surface area (Å²) < 4.78 is 5.45. The van der Waals surface area contributed by atoms with Crippen molar-refractivity contribution in [2.45, 2.75) is 40.5 Å². The number of pyridine rings is 1. The molecule has 6 heteroatoms. The van der Waals surface area contributed by atoms with Crippen LogP contribution in [0.1, 0.15) is 45.5 Å². The Balaban J connectivity index is 1.96. The molecule has 2 aromatic rings. The van der Waals surface area contributed by atoms with Gasteiger partial charge in [-0.3, -0.25) is 4.79 Å². The van der Waals surface area contributed by atoms with E-state index in [0.717, 1.165) is 29.2 Å². The maximum atomic E-state index is 12.3. The Morgan fingerprint density at radius 2 is 2.04 bits per heavy atom. The molecule has 0 saturated heterocycles. The van der Waals surface area contributed by atoms with Crippen LogP contribution >= 0.6 is 11.3 Å². The van der Waals surface area contributed by atoms with Crippen molar-refractivity contribution in [1.29, 1.82) is 0 Å². The van der Waals surface area contributed by atoms with E-state index in [1.807, 2.05) is 19.9 Å². The van der Waals surface area contributed by atoms with Crippen LogP contribution in [0.2, 0.25) is 0 Å². The lowest BCUT2D eigenvalue weighted by molar-refractivity contribution is 0.0949. The third-order valence-electron chi connectivity index (χ3n) is 3.42. The largest absolute Gasteiger partial charge is 0.477 e. The van der Waals surface area contributed by atoms with Gasteiger partial charge in [-0.05, 0) is 39.3 Å². The van der Waals surface area contributed by atoms with Gasteiger partial charge in [-0.15, -0.1) is 11.3 Å². The lowest BCUT2D eigenvalue weighted by Crippen LogP contribution is -2.26. The zero-order chi connectivity index (χ0) is 16.8. The van der Waals surface area contributed by atoms with Gasteiger partial charge in [0.05, 0.1) is 17.3 Å². The van der Waals surface area contributed by atoms with E-state index in [2.05, 4.69) is 29.1 Å². The normalized spacial score (nSPS) is 10.6. The van der Waals surface area contributed by atoms with E-state index in [1.54, 1.807) is 17.4 Å². The van der Waals surface area contributed by atoms with Crippen molar-refractivity contribution < 1.29 is 9.53 Å². The van der Waals surface area contributed by atoms with E-state index in [4.69, 9.17) is 4.74 Å². The highest BCUT2D eigenvalue weighted by Gasteiger charge is 2.14. The quantitative estimate of drug-likeness (QED) is 0.846. The van der Waals surface area contributed by atoms with Gasteiger partial charge in [0.25, 0.3) is 5.91 Å². The fourth-order valence-corrected chi connectivity index (χ4v) is 3.27. The predicted octanol–water partition coefficient (Wildman–Crippen LogP) is 3.09. The second-order valence-electron chi connectivity index (χ2n) is 5.21. The number of nitrogens with zero attached hydrogens (tertiary/aromatic N) is 2. The zero-order valence-electron chi connectivity index (χ0n) is 14.1. The number of carbonyl (C=O) groups is 1. The molecule has 5 nitrogen and oxygen atoms in total. The third kappa shape index (κ3) is 4.51. The van der Waals surface area contributed by atoms with E-state index in [0.29, 0.717) is 24.6 Å². The number of hydrogen-bond acceptors (Lipinski definition) is 5. The molecule has 2 heterocycles. The van der Waals surface area contributed by atoms with Gasteiger partial charge in [-0.1, -0.05) is 6.92 Å². The van der Waals surface area contributed by atoms with Crippen LogP contribution in [0.5, 0.6) is 5.88 Å². The van der Waals surface area contributed by atoms with Crippen LogP contribution in [0, 0.1) is 13.8 Å². The highest BCUT2D eigenvalue weighted by molar-refractivity contribution is 7.11. The fourth-order valence-electron chi connectivity index (χ4n) is 2.25. The summed E-state index contributed by atoms with van der Waals surface area (Å²) in [7, 11) is 0. The zero-order valence-corrected chi connectivity index (χ0v) is 14.9. The lowest BCUT2D eigenvalue weighted by Gasteiger charge is -2.10. The first-order valence-electron chi connectivity index (χ1n) is 7.89. The maximum absolute atomic E-state index is 12.3. The molecule has 23 heavy (non-hydrogen) atoms. The third-order valence-corrected chi connectivity index (χ3v) is 4.49. The van der Waals surface area contributed by atoms with Gasteiger partial charge in [0.15, 0.2) is 0 Å². The maximum Gasteiger partial charge on any atom is 0.256 e. The van der Waals surface area contributed by atoms with Gasteiger partial charge in [-0.25, -0.2) is 9.97 Å². The van der Waals surface area contributed by atoms with E-state index in [1.165, 1.54) is 4.88 Å². The van der Waals surface area contributed by atoms with Crippen LogP contribution in [-0.2, 0) is 12.8 Å². The summed E-state index contributed by atoms with van der Waals surface area (Å²) in [6, 6.07) is 3.57. The summed E-state index contributed by atoms with van der Waals surface area (Å²) in [4.78, 5) is 22.5. The van der Waals surface area contributed by atoms with Gasteiger partial charge in [0.1, 0.15) is 5.56 Å². The summed E-state index contributed by atoms with van der Waals surface area (Å²) in [6.45, 7) is 8.98. The molecule has 0 bridgehead atoms. The molecule has 0 unspecified atom stereocenters. The molecule has 0 aromatic carbocycles. The summed E-state index contributed by atoms with van der Waals surface area (Å²) in [5.41, 5.74) is 2.45. The number of nitrogens with one attached hydrogen (secondary N) is 1. The highest BCUT2D eigenvalue weighted by Crippen LogP contribution is 2.19. The number of aryl methyl sites for hydroxylation is 3. The number of thiazole rings is 1. The van der Waals surface area contributed by atoms with Crippen LogP contribution < -0.4 is 10.1 Å². The summed E-state index contributed by atoms with van der Waals surface area (Å²) in [5, 5.41) is 3.98. The molecule has 0 aliphatic rings.